The molecule has 19 heavy (non-hydrogen) atoms. The highest BCUT2D eigenvalue weighted by Gasteiger charge is 2.27. The van der Waals surface area contributed by atoms with Gasteiger partial charge in [-0.25, -0.2) is 9.97 Å². The Morgan fingerprint density at radius 2 is 2.00 bits per heavy atom. The summed E-state index contributed by atoms with van der Waals surface area (Å²) in [6.45, 7) is 5.21. The minimum absolute atomic E-state index is 0.544. The molecule has 0 amide bonds. The molecule has 1 heterocycles. The van der Waals surface area contributed by atoms with E-state index in [1.807, 2.05) is 6.07 Å². The topological polar surface area (TPSA) is 58.3 Å². The summed E-state index contributed by atoms with van der Waals surface area (Å²) < 4.78 is 0. The molecule has 1 aliphatic rings. The first kappa shape index (κ1) is 14.1. The SMILES string of the molecule is CCN(CCCN(C)C)c1cc(N)nc(C2CC2)n1. The molecule has 106 valence electrons. The van der Waals surface area contributed by atoms with Gasteiger partial charge in [0.15, 0.2) is 0 Å². The third-order valence-corrected chi connectivity index (χ3v) is 3.43. The Balaban J connectivity index is 2.04. The number of rotatable bonds is 7. The Morgan fingerprint density at radius 1 is 1.26 bits per heavy atom. The van der Waals surface area contributed by atoms with Crippen molar-refractivity contribution in [1.29, 1.82) is 0 Å². The molecule has 1 aromatic heterocycles. The lowest BCUT2D eigenvalue weighted by molar-refractivity contribution is 0.400. The van der Waals surface area contributed by atoms with E-state index in [-0.39, 0.29) is 0 Å². The van der Waals surface area contributed by atoms with Crippen LogP contribution in [0.1, 0.15) is 37.9 Å². The van der Waals surface area contributed by atoms with Gasteiger partial charge in [0.25, 0.3) is 0 Å². The van der Waals surface area contributed by atoms with Crippen LogP contribution in [0.4, 0.5) is 11.6 Å². The second kappa shape index (κ2) is 6.19. The highest BCUT2D eigenvalue weighted by Crippen LogP contribution is 2.38. The Labute approximate surface area is 115 Å². The highest BCUT2D eigenvalue weighted by molar-refractivity contribution is 5.47. The fourth-order valence-electron chi connectivity index (χ4n) is 2.17. The fraction of sp³-hybridized carbons (Fsp3) is 0.714. The largest absolute Gasteiger partial charge is 0.384 e. The number of nitrogens with zero attached hydrogens (tertiary/aromatic N) is 4. The van der Waals surface area contributed by atoms with E-state index in [0.717, 1.165) is 37.7 Å². The normalized spacial score (nSPS) is 14.9. The van der Waals surface area contributed by atoms with Crippen LogP contribution in [0, 0.1) is 0 Å². The van der Waals surface area contributed by atoms with Crippen LogP contribution in [0.25, 0.3) is 0 Å². The van der Waals surface area contributed by atoms with Crippen molar-refractivity contribution < 1.29 is 0 Å². The van der Waals surface area contributed by atoms with Crippen LogP contribution in [-0.4, -0.2) is 48.6 Å². The van der Waals surface area contributed by atoms with Gasteiger partial charge in [0.2, 0.25) is 0 Å². The van der Waals surface area contributed by atoms with Crippen LogP contribution in [0.5, 0.6) is 0 Å². The molecule has 2 rings (SSSR count). The van der Waals surface area contributed by atoms with Gasteiger partial charge in [0, 0.05) is 25.1 Å². The third kappa shape index (κ3) is 4.06. The van der Waals surface area contributed by atoms with E-state index in [1.165, 1.54) is 12.8 Å². The molecule has 1 fully saturated rings. The van der Waals surface area contributed by atoms with Gasteiger partial charge in [-0.15, -0.1) is 0 Å². The first-order valence-corrected chi connectivity index (χ1v) is 7.14. The van der Waals surface area contributed by atoms with E-state index in [9.17, 15) is 0 Å². The number of anilines is 2. The van der Waals surface area contributed by atoms with Crippen LogP contribution in [0.2, 0.25) is 0 Å². The summed E-state index contributed by atoms with van der Waals surface area (Å²) in [7, 11) is 4.20. The molecule has 5 nitrogen and oxygen atoms in total. The molecule has 0 saturated heterocycles. The van der Waals surface area contributed by atoms with Gasteiger partial charge in [-0.05, 0) is 46.8 Å². The van der Waals surface area contributed by atoms with Gasteiger partial charge < -0.3 is 15.5 Å². The van der Waals surface area contributed by atoms with Crippen molar-refractivity contribution >= 4 is 11.6 Å². The van der Waals surface area contributed by atoms with Gasteiger partial charge >= 0.3 is 0 Å². The van der Waals surface area contributed by atoms with Crippen molar-refractivity contribution in [3.8, 4) is 0 Å². The van der Waals surface area contributed by atoms with Crippen LogP contribution < -0.4 is 10.6 Å². The van der Waals surface area contributed by atoms with E-state index in [0.29, 0.717) is 11.7 Å². The van der Waals surface area contributed by atoms with Crippen LogP contribution in [0.15, 0.2) is 6.07 Å². The molecule has 0 atom stereocenters. The summed E-state index contributed by atoms with van der Waals surface area (Å²) in [6, 6.07) is 1.89. The minimum Gasteiger partial charge on any atom is -0.384 e. The quantitative estimate of drug-likeness (QED) is 0.811. The third-order valence-electron chi connectivity index (χ3n) is 3.43. The van der Waals surface area contributed by atoms with E-state index in [4.69, 9.17) is 5.73 Å². The zero-order valence-electron chi connectivity index (χ0n) is 12.3. The monoisotopic (exact) mass is 263 g/mol. The lowest BCUT2D eigenvalue weighted by Gasteiger charge is -2.23. The van der Waals surface area contributed by atoms with Gasteiger partial charge in [0.1, 0.15) is 17.5 Å². The fourth-order valence-corrected chi connectivity index (χ4v) is 2.17. The lowest BCUT2D eigenvalue weighted by atomic mass is 10.3. The maximum atomic E-state index is 5.91. The summed E-state index contributed by atoms with van der Waals surface area (Å²) in [5.74, 6) is 3.05. The molecule has 1 aliphatic carbocycles. The zero-order valence-corrected chi connectivity index (χ0v) is 12.3. The van der Waals surface area contributed by atoms with Crippen LogP contribution in [0.3, 0.4) is 0 Å². The summed E-state index contributed by atoms with van der Waals surface area (Å²) in [6.07, 6.45) is 3.54. The number of hydrogen-bond donors (Lipinski definition) is 1. The minimum atomic E-state index is 0.544. The van der Waals surface area contributed by atoms with Crippen molar-refractivity contribution in [3.05, 3.63) is 11.9 Å². The Kier molecular flexibility index (Phi) is 4.58. The van der Waals surface area contributed by atoms with E-state index in [1.54, 1.807) is 0 Å². The average Bonchev–Trinajstić information content (AvgIpc) is 3.17. The Hall–Kier alpha value is -1.36. The Bertz CT molecular complexity index is 414. The molecule has 0 radical (unpaired) electrons. The maximum Gasteiger partial charge on any atom is 0.136 e. The van der Waals surface area contributed by atoms with Crippen molar-refractivity contribution in [2.24, 2.45) is 0 Å². The highest BCUT2D eigenvalue weighted by atomic mass is 15.2. The second-order valence-electron chi connectivity index (χ2n) is 5.52. The summed E-state index contributed by atoms with van der Waals surface area (Å²) in [5.41, 5.74) is 5.91. The summed E-state index contributed by atoms with van der Waals surface area (Å²) in [5, 5.41) is 0. The van der Waals surface area contributed by atoms with E-state index >= 15 is 0 Å². The predicted molar refractivity (Wildman–Crippen MR) is 79.5 cm³/mol. The van der Waals surface area contributed by atoms with Gasteiger partial charge in [0.05, 0.1) is 0 Å². The molecule has 1 saturated carbocycles. The average molecular weight is 263 g/mol. The predicted octanol–water partition coefficient (Wildman–Crippen LogP) is 1.71. The molecule has 0 bridgehead atoms. The first-order chi connectivity index (χ1) is 9.10. The molecular formula is C14H25N5. The van der Waals surface area contributed by atoms with Gasteiger partial charge in [-0.3, -0.25) is 0 Å². The molecule has 0 unspecified atom stereocenters. The van der Waals surface area contributed by atoms with E-state index in [2.05, 4.69) is 40.8 Å². The number of nitrogen functional groups attached to an aromatic ring is 1. The Morgan fingerprint density at radius 3 is 2.58 bits per heavy atom. The van der Waals surface area contributed by atoms with Gasteiger partial charge in [-0.2, -0.15) is 0 Å². The molecule has 2 N–H and O–H groups in total. The number of hydrogen-bond acceptors (Lipinski definition) is 5. The van der Waals surface area contributed by atoms with Gasteiger partial charge in [-0.1, -0.05) is 0 Å². The summed E-state index contributed by atoms with van der Waals surface area (Å²) >= 11 is 0. The smallest absolute Gasteiger partial charge is 0.136 e. The molecule has 0 aromatic carbocycles. The molecule has 5 heteroatoms. The summed E-state index contributed by atoms with van der Waals surface area (Å²) in [4.78, 5) is 13.5. The standard InChI is InChI=1S/C14H25N5/c1-4-19(9-5-8-18(2)3)13-10-12(15)16-14(17-13)11-6-7-11/h10-11H,4-9H2,1-3H3,(H2,15,16,17). The zero-order chi connectivity index (χ0) is 13.8. The van der Waals surface area contributed by atoms with Crippen LogP contribution >= 0.6 is 0 Å². The lowest BCUT2D eigenvalue weighted by Crippen LogP contribution is -2.28. The van der Waals surface area contributed by atoms with Crippen molar-refractivity contribution in [2.75, 3.05) is 44.4 Å². The van der Waals surface area contributed by atoms with Crippen molar-refractivity contribution in [2.45, 2.75) is 32.1 Å². The second-order valence-corrected chi connectivity index (χ2v) is 5.52. The van der Waals surface area contributed by atoms with Crippen molar-refractivity contribution in [3.63, 3.8) is 0 Å². The maximum absolute atomic E-state index is 5.91. The molecular weight excluding hydrogens is 238 g/mol. The number of nitrogens with two attached hydrogens (primary N) is 1. The first-order valence-electron chi connectivity index (χ1n) is 7.14. The van der Waals surface area contributed by atoms with Crippen LogP contribution in [-0.2, 0) is 0 Å². The van der Waals surface area contributed by atoms with Crippen molar-refractivity contribution in [1.82, 2.24) is 14.9 Å². The van der Waals surface area contributed by atoms with E-state index < -0.39 is 0 Å². The molecule has 0 spiro atoms. The number of aromatic nitrogens is 2. The molecule has 1 aromatic rings. The molecule has 0 aliphatic heterocycles.